The largest absolute Gasteiger partial charge is 0.409 e. The topological polar surface area (TPSA) is 20.2 Å². The van der Waals surface area contributed by atoms with Crippen LogP contribution in [0.15, 0.2) is 12.2 Å². The zero-order valence-corrected chi connectivity index (χ0v) is 3.94. The van der Waals surface area contributed by atoms with E-state index in [9.17, 15) is 13.2 Å². The Bertz CT molecular complexity index is 83.8. The van der Waals surface area contributed by atoms with Gasteiger partial charge in [0.05, 0.1) is 6.61 Å². The standard InChI is InChI=1S/C4H5F3O/c5-4(6,7)2-1-3-8/h1-2,8H,3H2/b2-1+. The van der Waals surface area contributed by atoms with E-state index in [1.807, 2.05) is 0 Å². The molecule has 0 saturated heterocycles. The molecular formula is C4H5F3O. The molecular weight excluding hydrogens is 121 g/mol. The summed E-state index contributed by atoms with van der Waals surface area (Å²) in [6, 6.07) is 0. The first-order valence-corrected chi connectivity index (χ1v) is 1.91. The van der Waals surface area contributed by atoms with E-state index in [2.05, 4.69) is 0 Å². The molecule has 4 heteroatoms. The van der Waals surface area contributed by atoms with Crippen LogP contribution in [0.5, 0.6) is 0 Å². The summed E-state index contributed by atoms with van der Waals surface area (Å²) in [5.74, 6) is 0. The zero-order chi connectivity index (χ0) is 6.62. The van der Waals surface area contributed by atoms with Crippen molar-refractivity contribution < 1.29 is 18.3 Å². The minimum absolute atomic E-state index is 0.00694. The number of halogens is 3. The van der Waals surface area contributed by atoms with E-state index in [0.717, 1.165) is 0 Å². The third-order valence-electron chi connectivity index (χ3n) is 0.412. The molecule has 0 rings (SSSR count). The number of hydrogen-bond acceptors (Lipinski definition) is 1. The first-order valence-electron chi connectivity index (χ1n) is 1.91. The molecule has 0 aliphatic carbocycles. The van der Waals surface area contributed by atoms with E-state index in [0.29, 0.717) is 6.08 Å². The highest BCUT2D eigenvalue weighted by Crippen LogP contribution is 2.15. The van der Waals surface area contributed by atoms with Crippen molar-refractivity contribution in [1.82, 2.24) is 0 Å². The fraction of sp³-hybridized carbons (Fsp3) is 0.500. The van der Waals surface area contributed by atoms with Crippen LogP contribution in [0.1, 0.15) is 0 Å². The Morgan fingerprint density at radius 2 is 1.88 bits per heavy atom. The summed E-state index contributed by atoms with van der Waals surface area (Å²) < 4.78 is 33.1. The Labute approximate surface area is 44.4 Å². The van der Waals surface area contributed by atoms with Crippen LogP contribution in [0, 0.1) is 0 Å². The lowest BCUT2D eigenvalue weighted by Crippen LogP contribution is -2.00. The molecule has 0 fully saturated rings. The van der Waals surface area contributed by atoms with Crippen molar-refractivity contribution in [3.63, 3.8) is 0 Å². The van der Waals surface area contributed by atoms with Gasteiger partial charge >= 0.3 is 6.18 Å². The van der Waals surface area contributed by atoms with Crippen molar-refractivity contribution in [3.8, 4) is 0 Å². The molecule has 48 valence electrons. The maximum atomic E-state index is 11.0. The van der Waals surface area contributed by atoms with Crippen LogP contribution in [-0.4, -0.2) is 17.9 Å². The maximum absolute atomic E-state index is 11.0. The van der Waals surface area contributed by atoms with Crippen LogP contribution in [0.25, 0.3) is 0 Å². The van der Waals surface area contributed by atoms with Gasteiger partial charge in [0.1, 0.15) is 0 Å². The van der Waals surface area contributed by atoms with Crippen molar-refractivity contribution in [2.75, 3.05) is 6.61 Å². The van der Waals surface area contributed by atoms with Crippen molar-refractivity contribution in [3.05, 3.63) is 12.2 Å². The van der Waals surface area contributed by atoms with E-state index < -0.39 is 12.8 Å². The smallest absolute Gasteiger partial charge is 0.392 e. The number of hydrogen-bond donors (Lipinski definition) is 1. The molecule has 0 atom stereocenters. The normalized spacial score (nSPS) is 13.0. The minimum atomic E-state index is -4.29. The van der Waals surface area contributed by atoms with Gasteiger partial charge in [0.25, 0.3) is 0 Å². The number of aliphatic hydroxyl groups excluding tert-OH is 1. The molecule has 0 aromatic heterocycles. The maximum Gasteiger partial charge on any atom is 0.409 e. The summed E-state index contributed by atoms with van der Waals surface area (Å²) in [7, 11) is 0. The van der Waals surface area contributed by atoms with Gasteiger partial charge in [0, 0.05) is 6.08 Å². The third kappa shape index (κ3) is 5.49. The molecule has 0 bridgehead atoms. The fourth-order valence-electron chi connectivity index (χ4n) is 0.186. The van der Waals surface area contributed by atoms with E-state index in [-0.39, 0.29) is 6.08 Å². The molecule has 0 heterocycles. The quantitative estimate of drug-likeness (QED) is 0.521. The highest BCUT2D eigenvalue weighted by atomic mass is 19.4. The van der Waals surface area contributed by atoms with Crippen LogP contribution < -0.4 is 0 Å². The summed E-state index contributed by atoms with van der Waals surface area (Å²) in [5.41, 5.74) is 0. The van der Waals surface area contributed by atoms with E-state index >= 15 is 0 Å². The number of rotatable bonds is 1. The van der Waals surface area contributed by atoms with E-state index in [1.165, 1.54) is 0 Å². The van der Waals surface area contributed by atoms with Crippen LogP contribution in [-0.2, 0) is 0 Å². The summed E-state index contributed by atoms with van der Waals surface area (Å²) in [6.45, 7) is -0.570. The predicted octanol–water partition coefficient (Wildman–Crippen LogP) is 1.10. The van der Waals surface area contributed by atoms with Gasteiger partial charge in [-0.05, 0) is 0 Å². The number of aliphatic hydroxyl groups is 1. The van der Waals surface area contributed by atoms with Crippen molar-refractivity contribution in [1.29, 1.82) is 0 Å². The predicted molar refractivity (Wildman–Crippen MR) is 22.3 cm³/mol. The molecule has 0 saturated carbocycles. The highest BCUT2D eigenvalue weighted by Gasteiger charge is 2.21. The monoisotopic (exact) mass is 126 g/mol. The van der Waals surface area contributed by atoms with Crippen LogP contribution in [0.2, 0.25) is 0 Å². The summed E-state index contributed by atoms with van der Waals surface area (Å²) in [5, 5.41) is 7.84. The van der Waals surface area contributed by atoms with Gasteiger partial charge < -0.3 is 5.11 Å². The Morgan fingerprint density at radius 1 is 1.38 bits per heavy atom. The average Bonchev–Trinajstić information content (AvgIpc) is 1.59. The van der Waals surface area contributed by atoms with Gasteiger partial charge in [0.2, 0.25) is 0 Å². The number of alkyl halides is 3. The van der Waals surface area contributed by atoms with Gasteiger partial charge in [-0.3, -0.25) is 0 Å². The van der Waals surface area contributed by atoms with Crippen molar-refractivity contribution in [2.45, 2.75) is 6.18 Å². The second-order valence-corrected chi connectivity index (χ2v) is 1.13. The molecule has 0 unspecified atom stereocenters. The SMILES string of the molecule is OC/C=C/C(F)(F)F. The second kappa shape index (κ2) is 2.71. The minimum Gasteiger partial charge on any atom is -0.392 e. The molecule has 1 N–H and O–H groups in total. The highest BCUT2D eigenvalue weighted by molar-refractivity contribution is 4.87. The summed E-state index contributed by atoms with van der Waals surface area (Å²) in [4.78, 5) is 0. The lowest BCUT2D eigenvalue weighted by molar-refractivity contribution is -0.0802. The van der Waals surface area contributed by atoms with Gasteiger partial charge in [-0.15, -0.1) is 0 Å². The zero-order valence-electron chi connectivity index (χ0n) is 3.94. The average molecular weight is 126 g/mol. The van der Waals surface area contributed by atoms with E-state index in [1.54, 1.807) is 0 Å². The molecule has 0 spiro atoms. The molecule has 0 aromatic rings. The first kappa shape index (κ1) is 7.49. The first-order chi connectivity index (χ1) is 3.56. The Hall–Kier alpha value is -0.510. The summed E-state index contributed by atoms with van der Waals surface area (Å²) in [6.07, 6.45) is -3.66. The van der Waals surface area contributed by atoms with Crippen molar-refractivity contribution in [2.24, 2.45) is 0 Å². The fourth-order valence-corrected chi connectivity index (χ4v) is 0.186. The Kier molecular flexibility index (Phi) is 2.54. The molecule has 0 aliphatic heterocycles. The Morgan fingerprint density at radius 3 is 2.00 bits per heavy atom. The molecule has 0 aromatic carbocycles. The molecule has 0 aliphatic rings. The lowest BCUT2D eigenvalue weighted by atomic mass is 10.5. The second-order valence-electron chi connectivity index (χ2n) is 1.13. The van der Waals surface area contributed by atoms with Crippen molar-refractivity contribution >= 4 is 0 Å². The van der Waals surface area contributed by atoms with Gasteiger partial charge in [-0.25, -0.2) is 0 Å². The Balaban J connectivity index is 3.52. The lowest BCUT2D eigenvalue weighted by Gasteiger charge is -1.94. The van der Waals surface area contributed by atoms with Crippen LogP contribution in [0.4, 0.5) is 13.2 Å². The molecule has 0 amide bonds. The van der Waals surface area contributed by atoms with Crippen LogP contribution in [0.3, 0.4) is 0 Å². The number of allylic oxidation sites excluding steroid dienone is 1. The van der Waals surface area contributed by atoms with Gasteiger partial charge in [0.15, 0.2) is 0 Å². The summed E-state index contributed by atoms with van der Waals surface area (Å²) >= 11 is 0. The van der Waals surface area contributed by atoms with Gasteiger partial charge in [-0.1, -0.05) is 6.08 Å². The third-order valence-corrected chi connectivity index (χ3v) is 0.412. The van der Waals surface area contributed by atoms with Crippen LogP contribution >= 0.6 is 0 Å². The van der Waals surface area contributed by atoms with E-state index in [4.69, 9.17) is 5.11 Å². The molecule has 0 radical (unpaired) electrons. The van der Waals surface area contributed by atoms with Gasteiger partial charge in [-0.2, -0.15) is 13.2 Å². The molecule has 1 nitrogen and oxygen atoms in total. The molecule has 8 heavy (non-hydrogen) atoms.